The highest BCUT2D eigenvalue weighted by Crippen LogP contribution is 2.11. The summed E-state index contributed by atoms with van der Waals surface area (Å²) in [6.07, 6.45) is 0. The van der Waals surface area contributed by atoms with Crippen LogP contribution in [-0.4, -0.2) is 55.0 Å². The molecule has 1 saturated heterocycles. The molecule has 0 aromatic carbocycles. The van der Waals surface area contributed by atoms with Crippen LogP contribution in [0.25, 0.3) is 0 Å². The SMILES string of the molecule is CCNCC(=O)N1CCN(Cc2ccsc2)CC1. The van der Waals surface area contributed by atoms with E-state index < -0.39 is 0 Å². The zero-order chi connectivity index (χ0) is 12.8. The second-order valence-electron chi connectivity index (χ2n) is 4.57. The van der Waals surface area contributed by atoms with Gasteiger partial charge in [0.05, 0.1) is 6.54 Å². The zero-order valence-corrected chi connectivity index (χ0v) is 11.7. The van der Waals surface area contributed by atoms with Gasteiger partial charge in [0.15, 0.2) is 0 Å². The molecule has 0 bridgehead atoms. The predicted octanol–water partition coefficient (Wildman–Crippen LogP) is 1.00. The first-order valence-corrected chi connectivity index (χ1v) is 7.46. The molecule has 1 fully saturated rings. The molecule has 1 aliphatic heterocycles. The number of nitrogens with one attached hydrogen (secondary N) is 1. The fourth-order valence-electron chi connectivity index (χ4n) is 2.14. The molecule has 1 aromatic rings. The molecule has 100 valence electrons. The molecule has 0 atom stereocenters. The van der Waals surface area contributed by atoms with Crippen LogP contribution in [0.3, 0.4) is 0 Å². The molecule has 0 spiro atoms. The number of amides is 1. The van der Waals surface area contributed by atoms with Gasteiger partial charge in [0.25, 0.3) is 0 Å². The third-order valence-corrected chi connectivity index (χ3v) is 3.97. The highest BCUT2D eigenvalue weighted by molar-refractivity contribution is 7.07. The van der Waals surface area contributed by atoms with E-state index >= 15 is 0 Å². The smallest absolute Gasteiger partial charge is 0.236 e. The van der Waals surface area contributed by atoms with Crippen LogP contribution in [0.1, 0.15) is 12.5 Å². The number of piperazine rings is 1. The lowest BCUT2D eigenvalue weighted by atomic mass is 10.2. The van der Waals surface area contributed by atoms with Gasteiger partial charge in [-0.3, -0.25) is 9.69 Å². The van der Waals surface area contributed by atoms with Crippen LogP contribution in [0.4, 0.5) is 0 Å². The summed E-state index contributed by atoms with van der Waals surface area (Å²) in [4.78, 5) is 16.2. The van der Waals surface area contributed by atoms with Crippen LogP contribution in [0.5, 0.6) is 0 Å². The maximum atomic E-state index is 11.8. The largest absolute Gasteiger partial charge is 0.339 e. The molecule has 18 heavy (non-hydrogen) atoms. The average Bonchev–Trinajstić information content (AvgIpc) is 2.89. The molecule has 5 heteroatoms. The number of hydrogen-bond donors (Lipinski definition) is 1. The fourth-order valence-corrected chi connectivity index (χ4v) is 2.80. The van der Waals surface area contributed by atoms with Gasteiger partial charge in [-0.15, -0.1) is 0 Å². The Balaban J connectivity index is 1.72. The van der Waals surface area contributed by atoms with Crippen molar-refractivity contribution in [2.75, 3.05) is 39.3 Å². The summed E-state index contributed by atoms with van der Waals surface area (Å²) in [7, 11) is 0. The first-order chi connectivity index (χ1) is 8.79. The van der Waals surface area contributed by atoms with Crippen molar-refractivity contribution in [2.24, 2.45) is 0 Å². The van der Waals surface area contributed by atoms with E-state index in [4.69, 9.17) is 0 Å². The van der Waals surface area contributed by atoms with Crippen LogP contribution < -0.4 is 5.32 Å². The van der Waals surface area contributed by atoms with E-state index in [1.54, 1.807) is 11.3 Å². The van der Waals surface area contributed by atoms with E-state index in [9.17, 15) is 4.79 Å². The lowest BCUT2D eigenvalue weighted by Gasteiger charge is -2.34. The lowest BCUT2D eigenvalue weighted by molar-refractivity contribution is -0.132. The molecular weight excluding hydrogens is 246 g/mol. The first kappa shape index (κ1) is 13.5. The van der Waals surface area contributed by atoms with Crippen molar-refractivity contribution in [3.8, 4) is 0 Å². The Morgan fingerprint density at radius 3 is 2.78 bits per heavy atom. The van der Waals surface area contributed by atoms with Crippen molar-refractivity contribution in [1.82, 2.24) is 15.1 Å². The third-order valence-electron chi connectivity index (χ3n) is 3.24. The summed E-state index contributed by atoms with van der Waals surface area (Å²) >= 11 is 1.74. The minimum atomic E-state index is 0.229. The lowest BCUT2D eigenvalue weighted by Crippen LogP contribution is -2.50. The fraction of sp³-hybridized carbons (Fsp3) is 0.615. The third kappa shape index (κ3) is 3.80. The highest BCUT2D eigenvalue weighted by Gasteiger charge is 2.20. The summed E-state index contributed by atoms with van der Waals surface area (Å²) in [5, 5.41) is 7.40. The summed E-state index contributed by atoms with van der Waals surface area (Å²) in [5.41, 5.74) is 1.38. The van der Waals surface area contributed by atoms with Crippen molar-refractivity contribution in [3.63, 3.8) is 0 Å². The Kier molecular flexibility index (Phi) is 5.16. The topological polar surface area (TPSA) is 35.6 Å². The Morgan fingerprint density at radius 2 is 2.17 bits per heavy atom. The van der Waals surface area contributed by atoms with Gasteiger partial charge in [-0.05, 0) is 28.9 Å². The molecule has 2 heterocycles. The zero-order valence-electron chi connectivity index (χ0n) is 10.9. The number of carbonyl (C=O) groups excluding carboxylic acids is 1. The minimum Gasteiger partial charge on any atom is -0.339 e. The maximum Gasteiger partial charge on any atom is 0.236 e. The van der Waals surface area contributed by atoms with Crippen molar-refractivity contribution in [2.45, 2.75) is 13.5 Å². The predicted molar refractivity (Wildman–Crippen MR) is 74.7 cm³/mol. The Labute approximate surface area is 113 Å². The Bertz CT molecular complexity index is 358. The summed E-state index contributed by atoms with van der Waals surface area (Å²) in [6, 6.07) is 2.17. The van der Waals surface area contributed by atoms with Crippen molar-refractivity contribution < 1.29 is 4.79 Å². The molecule has 0 unspecified atom stereocenters. The van der Waals surface area contributed by atoms with Crippen LogP contribution >= 0.6 is 11.3 Å². The summed E-state index contributed by atoms with van der Waals surface area (Å²) < 4.78 is 0. The van der Waals surface area contributed by atoms with E-state index in [1.165, 1.54) is 5.56 Å². The van der Waals surface area contributed by atoms with Gasteiger partial charge < -0.3 is 10.2 Å². The second-order valence-corrected chi connectivity index (χ2v) is 5.35. The monoisotopic (exact) mass is 267 g/mol. The maximum absolute atomic E-state index is 11.8. The van der Waals surface area contributed by atoms with E-state index in [-0.39, 0.29) is 5.91 Å². The quantitative estimate of drug-likeness (QED) is 0.864. The number of carbonyl (C=O) groups is 1. The van der Waals surface area contributed by atoms with Crippen molar-refractivity contribution in [1.29, 1.82) is 0 Å². The molecule has 1 aliphatic rings. The molecule has 1 amide bonds. The Hall–Kier alpha value is -0.910. The molecule has 1 N–H and O–H groups in total. The van der Waals surface area contributed by atoms with Crippen molar-refractivity contribution in [3.05, 3.63) is 22.4 Å². The molecular formula is C13H21N3OS. The number of nitrogens with zero attached hydrogens (tertiary/aromatic N) is 2. The van der Waals surface area contributed by atoms with E-state index in [1.807, 2.05) is 11.8 Å². The van der Waals surface area contributed by atoms with E-state index in [0.717, 1.165) is 39.3 Å². The number of hydrogen-bond acceptors (Lipinski definition) is 4. The van der Waals surface area contributed by atoms with Gasteiger partial charge >= 0.3 is 0 Å². The van der Waals surface area contributed by atoms with Crippen LogP contribution in [0, 0.1) is 0 Å². The second kappa shape index (κ2) is 6.87. The van der Waals surface area contributed by atoms with Crippen LogP contribution in [-0.2, 0) is 11.3 Å². The number of likely N-dealkylation sites (N-methyl/N-ethyl adjacent to an activating group) is 1. The normalized spacial score (nSPS) is 17.1. The van der Waals surface area contributed by atoms with E-state index in [0.29, 0.717) is 6.54 Å². The molecule has 0 saturated carbocycles. The minimum absolute atomic E-state index is 0.229. The number of rotatable bonds is 5. The standard InChI is InChI=1S/C13H21N3OS/c1-2-14-9-13(17)16-6-4-15(5-7-16)10-12-3-8-18-11-12/h3,8,11,14H,2,4-7,9-10H2,1H3. The van der Waals surface area contributed by atoms with Gasteiger partial charge in [0, 0.05) is 32.7 Å². The van der Waals surface area contributed by atoms with Gasteiger partial charge in [-0.25, -0.2) is 0 Å². The van der Waals surface area contributed by atoms with Crippen LogP contribution in [0.2, 0.25) is 0 Å². The number of thiophene rings is 1. The summed E-state index contributed by atoms with van der Waals surface area (Å²) in [5.74, 6) is 0.229. The van der Waals surface area contributed by atoms with Gasteiger partial charge in [-0.2, -0.15) is 11.3 Å². The van der Waals surface area contributed by atoms with Gasteiger partial charge in [-0.1, -0.05) is 6.92 Å². The highest BCUT2D eigenvalue weighted by atomic mass is 32.1. The first-order valence-electron chi connectivity index (χ1n) is 6.51. The van der Waals surface area contributed by atoms with Gasteiger partial charge in [0.2, 0.25) is 5.91 Å². The molecule has 4 nitrogen and oxygen atoms in total. The molecule has 1 aromatic heterocycles. The van der Waals surface area contributed by atoms with Crippen LogP contribution in [0.15, 0.2) is 16.8 Å². The molecule has 2 rings (SSSR count). The summed E-state index contributed by atoms with van der Waals surface area (Å²) in [6.45, 7) is 8.03. The average molecular weight is 267 g/mol. The van der Waals surface area contributed by atoms with Crippen molar-refractivity contribution >= 4 is 17.2 Å². The van der Waals surface area contributed by atoms with Gasteiger partial charge in [0.1, 0.15) is 0 Å². The Morgan fingerprint density at radius 1 is 1.39 bits per heavy atom. The molecule has 0 radical (unpaired) electrons. The van der Waals surface area contributed by atoms with E-state index in [2.05, 4.69) is 27.0 Å². The molecule has 0 aliphatic carbocycles.